The lowest BCUT2D eigenvalue weighted by atomic mass is 9.94. The lowest BCUT2D eigenvalue weighted by Crippen LogP contribution is -2.47. The van der Waals surface area contributed by atoms with E-state index in [1.165, 1.54) is 22.8 Å². The number of nitriles is 1. The minimum absolute atomic E-state index is 0.0944. The van der Waals surface area contributed by atoms with E-state index in [-0.39, 0.29) is 25.3 Å². The third-order valence-electron chi connectivity index (χ3n) is 7.74. The molecule has 0 unspecified atom stereocenters. The molecule has 6 nitrogen and oxygen atoms in total. The van der Waals surface area contributed by atoms with Gasteiger partial charge in [-0.15, -0.1) is 0 Å². The van der Waals surface area contributed by atoms with Crippen LogP contribution in [0.15, 0.2) is 42.5 Å². The fourth-order valence-electron chi connectivity index (χ4n) is 5.54. The Labute approximate surface area is 232 Å². The molecular formula is C29H34F4N4O2Si. The molecule has 2 aliphatic rings. The van der Waals surface area contributed by atoms with E-state index in [4.69, 9.17) is 9.47 Å². The molecule has 1 N–H and O–H groups in total. The van der Waals surface area contributed by atoms with E-state index in [1.807, 2.05) is 0 Å². The number of likely N-dealkylation sites (tertiary alicyclic amines) is 1. The number of fused-ring (bicyclic) bond motifs is 2. The van der Waals surface area contributed by atoms with Crippen molar-refractivity contribution >= 4 is 24.7 Å². The van der Waals surface area contributed by atoms with Crippen LogP contribution in [-0.2, 0) is 17.6 Å². The zero-order valence-electron chi connectivity index (χ0n) is 22.9. The number of ether oxygens (including phenoxy) is 2. The van der Waals surface area contributed by atoms with Crippen molar-refractivity contribution in [3.8, 4) is 11.8 Å². The van der Waals surface area contributed by atoms with Crippen LogP contribution in [0.2, 0.25) is 25.7 Å². The molecule has 0 aliphatic carbocycles. The number of rotatable bonds is 8. The van der Waals surface area contributed by atoms with Gasteiger partial charge in [0.05, 0.1) is 29.6 Å². The fourth-order valence-corrected chi connectivity index (χ4v) is 6.30. The fraction of sp³-hybridized carbons (Fsp3) is 0.483. The molecule has 1 fully saturated rings. The molecule has 11 heteroatoms. The summed E-state index contributed by atoms with van der Waals surface area (Å²) in [7, 11) is -1.40. The number of anilines is 1. The van der Waals surface area contributed by atoms with Crippen molar-refractivity contribution in [2.75, 3.05) is 31.6 Å². The molecule has 3 aromatic rings. The van der Waals surface area contributed by atoms with Crippen LogP contribution >= 0.6 is 0 Å². The van der Waals surface area contributed by atoms with Crippen LogP contribution in [0.25, 0.3) is 10.9 Å². The van der Waals surface area contributed by atoms with Crippen LogP contribution in [0.3, 0.4) is 0 Å². The van der Waals surface area contributed by atoms with E-state index in [0.29, 0.717) is 42.0 Å². The number of aromatic nitrogens is 1. The van der Waals surface area contributed by atoms with Crippen molar-refractivity contribution in [1.82, 2.24) is 9.47 Å². The van der Waals surface area contributed by atoms with Crippen molar-refractivity contribution in [3.63, 3.8) is 0 Å². The Balaban J connectivity index is 1.51. The topological polar surface area (TPSA) is 62.5 Å². The molecule has 0 radical (unpaired) electrons. The van der Waals surface area contributed by atoms with Gasteiger partial charge in [0, 0.05) is 50.5 Å². The maximum absolute atomic E-state index is 14.2. The van der Waals surface area contributed by atoms with E-state index in [1.54, 1.807) is 24.3 Å². The third kappa shape index (κ3) is 5.99. The summed E-state index contributed by atoms with van der Waals surface area (Å²) in [5, 5.41) is 13.4. The lowest BCUT2D eigenvalue weighted by molar-refractivity contribution is -0.145. The SMILES string of the molecule is C[Si](C)(C)CCOCn1c(C(F)(F)F)cc2c(N[C@H]3c4ccc(F)cc4OC[C@@H]3N3CC[C@@H](C#N)C3)cccc21. The summed E-state index contributed by atoms with van der Waals surface area (Å²) in [5.74, 6) is -0.117. The highest BCUT2D eigenvalue weighted by atomic mass is 28.3. The summed E-state index contributed by atoms with van der Waals surface area (Å²) in [6, 6.07) is 13.3. The summed E-state index contributed by atoms with van der Waals surface area (Å²) in [6.07, 6.45) is -3.83. The molecule has 0 bridgehead atoms. The Kier molecular flexibility index (Phi) is 7.87. The van der Waals surface area contributed by atoms with Crippen molar-refractivity contribution < 1.29 is 27.0 Å². The van der Waals surface area contributed by atoms with Gasteiger partial charge in [0.15, 0.2) is 0 Å². The molecule has 5 rings (SSSR count). The van der Waals surface area contributed by atoms with Gasteiger partial charge in [-0.3, -0.25) is 4.90 Å². The Morgan fingerprint density at radius 1 is 1.18 bits per heavy atom. The highest BCUT2D eigenvalue weighted by Crippen LogP contribution is 2.41. The molecule has 0 spiro atoms. The highest BCUT2D eigenvalue weighted by molar-refractivity contribution is 6.76. The van der Waals surface area contributed by atoms with Gasteiger partial charge in [-0.25, -0.2) is 4.39 Å². The van der Waals surface area contributed by atoms with E-state index in [0.717, 1.165) is 18.0 Å². The van der Waals surface area contributed by atoms with Gasteiger partial charge in [-0.05, 0) is 36.7 Å². The first kappa shape index (κ1) is 28.5. The third-order valence-corrected chi connectivity index (χ3v) is 9.44. The van der Waals surface area contributed by atoms with Crippen LogP contribution in [0.1, 0.15) is 23.7 Å². The van der Waals surface area contributed by atoms with Crippen molar-refractivity contribution in [2.45, 2.75) is 57.1 Å². The predicted molar refractivity (Wildman–Crippen MR) is 148 cm³/mol. The van der Waals surface area contributed by atoms with Crippen LogP contribution in [0.5, 0.6) is 5.75 Å². The smallest absolute Gasteiger partial charge is 0.431 e. The molecule has 2 aliphatic heterocycles. The van der Waals surface area contributed by atoms with Gasteiger partial charge < -0.3 is 19.4 Å². The molecule has 3 heterocycles. The van der Waals surface area contributed by atoms with Gasteiger partial charge in [0.25, 0.3) is 0 Å². The monoisotopic (exact) mass is 574 g/mol. The zero-order chi connectivity index (χ0) is 28.7. The largest absolute Gasteiger partial charge is 0.491 e. The Hall–Kier alpha value is -3.07. The minimum Gasteiger partial charge on any atom is -0.491 e. The first-order chi connectivity index (χ1) is 18.9. The second-order valence-electron chi connectivity index (χ2n) is 11.8. The van der Waals surface area contributed by atoms with Gasteiger partial charge in [-0.2, -0.15) is 18.4 Å². The minimum atomic E-state index is -4.56. The average Bonchev–Trinajstić information content (AvgIpc) is 3.51. The van der Waals surface area contributed by atoms with Crippen LogP contribution in [-0.4, -0.2) is 49.9 Å². The number of nitrogens with zero attached hydrogens (tertiary/aromatic N) is 3. The summed E-state index contributed by atoms with van der Waals surface area (Å²) < 4.78 is 69.4. The van der Waals surface area contributed by atoms with Gasteiger partial charge in [0.2, 0.25) is 0 Å². The van der Waals surface area contributed by atoms with Gasteiger partial charge >= 0.3 is 6.18 Å². The summed E-state index contributed by atoms with van der Waals surface area (Å²) in [6.45, 7) is 8.33. The number of hydrogen-bond donors (Lipinski definition) is 1. The molecule has 3 atom stereocenters. The summed E-state index contributed by atoms with van der Waals surface area (Å²) in [4.78, 5) is 2.18. The van der Waals surface area contributed by atoms with Crippen molar-refractivity contribution in [3.05, 3.63) is 59.5 Å². The Morgan fingerprint density at radius 3 is 2.67 bits per heavy atom. The summed E-state index contributed by atoms with van der Waals surface area (Å²) in [5.41, 5.74) is 0.901. The molecule has 214 valence electrons. The van der Waals surface area contributed by atoms with Gasteiger partial charge in [-0.1, -0.05) is 31.8 Å². The number of halogens is 4. The predicted octanol–water partition coefficient (Wildman–Crippen LogP) is 6.87. The second kappa shape index (κ2) is 11.1. The second-order valence-corrected chi connectivity index (χ2v) is 17.5. The van der Waals surface area contributed by atoms with Crippen molar-refractivity contribution in [1.29, 1.82) is 5.26 Å². The Bertz CT molecular complexity index is 1410. The number of hydrogen-bond acceptors (Lipinski definition) is 5. The quantitative estimate of drug-likeness (QED) is 0.181. The summed E-state index contributed by atoms with van der Waals surface area (Å²) >= 11 is 0. The van der Waals surface area contributed by atoms with Gasteiger partial charge in [0.1, 0.15) is 30.6 Å². The van der Waals surface area contributed by atoms with Crippen LogP contribution in [0, 0.1) is 23.1 Å². The maximum Gasteiger partial charge on any atom is 0.431 e. The lowest BCUT2D eigenvalue weighted by Gasteiger charge is -2.39. The van der Waals surface area contributed by atoms with E-state index < -0.39 is 31.8 Å². The number of benzene rings is 2. The number of alkyl halides is 3. The van der Waals surface area contributed by atoms with E-state index in [9.17, 15) is 22.8 Å². The molecule has 2 aromatic carbocycles. The molecule has 0 amide bonds. The zero-order valence-corrected chi connectivity index (χ0v) is 23.9. The molecular weight excluding hydrogens is 540 g/mol. The normalized spacial score (nSPS) is 21.7. The van der Waals surface area contributed by atoms with Crippen LogP contribution in [0.4, 0.5) is 23.2 Å². The molecule has 40 heavy (non-hydrogen) atoms. The Morgan fingerprint density at radius 2 is 1.98 bits per heavy atom. The molecule has 1 saturated heterocycles. The molecule has 1 aromatic heterocycles. The number of nitrogens with one attached hydrogen (secondary N) is 1. The van der Waals surface area contributed by atoms with E-state index in [2.05, 4.69) is 35.9 Å². The standard InChI is InChI=1S/C29H34F4N4O2Si/c1-40(2,3)12-11-38-18-37-24-6-4-5-23(22(24)14-27(37)29(31,32)33)35-28-21-8-7-20(30)13-26(21)39-17-25(28)36-10-9-19(15-34)16-36/h4-8,13-14,19,25,28,35H,9-12,16-18H2,1-3H3/t19-,25-,28-/m0/s1. The first-order valence-corrected chi connectivity index (χ1v) is 17.2. The van der Waals surface area contributed by atoms with E-state index >= 15 is 0 Å². The maximum atomic E-state index is 14.2. The highest BCUT2D eigenvalue weighted by Gasteiger charge is 2.40. The first-order valence-electron chi connectivity index (χ1n) is 13.5. The average molecular weight is 575 g/mol. The van der Waals surface area contributed by atoms with Crippen LogP contribution < -0.4 is 10.1 Å². The molecule has 0 saturated carbocycles. The van der Waals surface area contributed by atoms with Crippen molar-refractivity contribution in [2.24, 2.45) is 5.92 Å².